The van der Waals surface area contributed by atoms with Crippen molar-refractivity contribution in [3.63, 3.8) is 0 Å². The van der Waals surface area contributed by atoms with Crippen molar-refractivity contribution in [3.8, 4) is 11.3 Å². The van der Waals surface area contributed by atoms with Gasteiger partial charge in [-0.1, -0.05) is 36.4 Å². The minimum atomic E-state index is 1.10. The molecule has 0 atom stereocenters. The van der Waals surface area contributed by atoms with Crippen molar-refractivity contribution in [1.29, 1.82) is 0 Å². The largest absolute Gasteiger partial charge is 0.213 e. The van der Waals surface area contributed by atoms with E-state index in [9.17, 15) is 0 Å². The Kier molecular flexibility index (Phi) is 3.26. The highest BCUT2D eigenvalue weighted by Crippen LogP contribution is 2.33. The number of hydrogen-bond donors (Lipinski definition) is 0. The van der Waals surface area contributed by atoms with Crippen molar-refractivity contribution in [2.24, 2.45) is 0 Å². The van der Waals surface area contributed by atoms with Gasteiger partial charge in [-0.2, -0.15) is 4.57 Å². The number of aromatic nitrogens is 1. The van der Waals surface area contributed by atoms with E-state index in [0.717, 1.165) is 38.6 Å². The summed E-state index contributed by atoms with van der Waals surface area (Å²) in [6.07, 6.45) is 7.93. The number of rotatable bonds is 0. The van der Waals surface area contributed by atoms with Crippen molar-refractivity contribution in [3.05, 3.63) is 88.6 Å². The molecule has 4 aliphatic carbocycles. The molecule has 2 heterocycles. The molecule has 5 aliphatic rings. The van der Waals surface area contributed by atoms with Crippen LogP contribution in [0.1, 0.15) is 27.8 Å². The fourth-order valence-electron chi connectivity index (χ4n) is 4.35. The van der Waals surface area contributed by atoms with Gasteiger partial charge in [-0.15, -0.1) is 0 Å². The number of fused-ring (bicyclic) bond motifs is 1. The minimum Gasteiger partial charge on any atom is -0.198 e. The molecular formula is C23H22N+. The lowest BCUT2D eigenvalue weighted by atomic mass is 9.84. The second-order valence-corrected chi connectivity index (χ2v) is 7.08. The highest BCUT2D eigenvalue weighted by Gasteiger charge is 2.26. The van der Waals surface area contributed by atoms with E-state index in [-0.39, 0.29) is 0 Å². The molecule has 1 aliphatic heterocycles. The molecule has 0 saturated heterocycles. The third kappa shape index (κ3) is 2.27. The Morgan fingerprint density at radius 3 is 2.12 bits per heavy atom. The molecule has 118 valence electrons. The number of benzene rings is 2. The van der Waals surface area contributed by atoms with E-state index in [1.807, 2.05) is 0 Å². The summed E-state index contributed by atoms with van der Waals surface area (Å²) in [5.41, 5.74) is 10.5. The first-order chi connectivity index (χ1) is 11.9. The number of nitrogens with zero attached hydrogens (tertiary/aromatic N) is 1. The summed E-state index contributed by atoms with van der Waals surface area (Å²) in [4.78, 5) is 0. The molecule has 0 radical (unpaired) electrons. The van der Waals surface area contributed by atoms with Crippen molar-refractivity contribution in [1.82, 2.24) is 0 Å². The van der Waals surface area contributed by atoms with Crippen LogP contribution in [-0.2, 0) is 38.6 Å². The SMILES string of the molecule is c1cc[n+]2c(c1)-c1c3ccc(c1CC2)CCc1ccc(cc1)CC3. The average molecular weight is 312 g/mol. The van der Waals surface area contributed by atoms with Crippen molar-refractivity contribution in [2.45, 2.75) is 38.6 Å². The van der Waals surface area contributed by atoms with Gasteiger partial charge in [0.1, 0.15) is 0 Å². The molecule has 8 rings (SSSR count). The lowest BCUT2D eigenvalue weighted by molar-refractivity contribution is -0.687. The van der Waals surface area contributed by atoms with Crippen LogP contribution in [0.15, 0.2) is 60.8 Å². The second-order valence-electron chi connectivity index (χ2n) is 7.08. The van der Waals surface area contributed by atoms with E-state index in [2.05, 4.69) is 65.4 Å². The molecule has 0 unspecified atom stereocenters. The van der Waals surface area contributed by atoms with E-state index in [1.165, 1.54) is 27.9 Å². The molecule has 2 aromatic carbocycles. The standard InChI is InChI=1S/C23H22N/c1-2-15-24-16-14-21-19-10-8-17-4-6-18(7-5-17)9-11-20(13-12-19)23(21)22(24)3-1/h1-7,12-13,15H,8-11,14,16H2/q+1. The van der Waals surface area contributed by atoms with Gasteiger partial charge >= 0.3 is 0 Å². The van der Waals surface area contributed by atoms with Crippen LogP contribution in [0.2, 0.25) is 0 Å². The van der Waals surface area contributed by atoms with Gasteiger partial charge in [0.2, 0.25) is 5.69 Å². The quantitative estimate of drug-likeness (QED) is 0.551. The van der Waals surface area contributed by atoms with E-state index in [4.69, 9.17) is 0 Å². The summed E-state index contributed by atoms with van der Waals surface area (Å²) in [5.74, 6) is 0. The predicted octanol–water partition coefficient (Wildman–Crippen LogP) is 4.08. The molecule has 0 fully saturated rings. The first kappa shape index (κ1) is 14.0. The molecule has 1 nitrogen and oxygen atoms in total. The maximum atomic E-state index is 2.43. The molecule has 0 N–H and O–H groups in total. The van der Waals surface area contributed by atoms with E-state index < -0.39 is 0 Å². The van der Waals surface area contributed by atoms with Crippen LogP contribution in [0, 0.1) is 0 Å². The van der Waals surface area contributed by atoms with E-state index in [0.29, 0.717) is 0 Å². The first-order valence-electron chi connectivity index (χ1n) is 9.09. The topological polar surface area (TPSA) is 3.88 Å². The molecule has 0 spiro atoms. The molecule has 4 bridgehead atoms. The van der Waals surface area contributed by atoms with Crippen LogP contribution in [0.5, 0.6) is 0 Å². The van der Waals surface area contributed by atoms with Crippen molar-refractivity contribution < 1.29 is 4.57 Å². The van der Waals surface area contributed by atoms with Gasteiger partial charge < -0.3 is 0 Å². The Bertz CT molecular complexity index is 906. The van der Waals surface area contributed by atoms with Gasteiger partial charge in [0.05, 0.1) is 5.56 Å². The van der Waals surface area contributed by atoms with Crippen LogP contribution < -0.4 is 4.57 Å². The van der Waals surface area contributed by atoms with Crippen molar-refractivity contribution >= 4 is 0 Å². The van der Waals surface area contributed by atoms with Gasteiger partial charge in [-0.3, -0.25) is 0 Å². The van der Waals surface area contributed by atoms with Gasteiger partial charge in [0.25, 0.3) is 0 Å². The average Bonchev–Trinajstić information content (AvgIpc) is 2.63. The summed E-state index contributed by atoms with van der Waals surface area (Å²) in [6.45, 7) is 1.10. The maximum Gasteiger partial charge on any atom is 0.213 e. The molecular weight excluding hydrogens is 290 g/mol. The Morgan fingerprint density at radius 1 is 0.625 bits per heavy atom. The van der Waals surface area contributed by atoms with E-state index >= 15 is 0 Å². The fraction of sp³-hybridized carbons (Fsp3) is 0.261. The monoisotopic (exact) mass is 312 g/mol. The summed E-state index contributed by atoms with van der Waals surface area (Å²) in [7, 11) is 0. The van der Waals surface area contributed by atoms with Crippen LogP contribution in [-0.4, -0.2) is 0 Å². The highest BCUT2D eigenvalue weighted by atomic mass is 15.0. The van der Waals surface area contributed by atoms with Gasteiger partial charge in [-0.25, -0.2) is 0 Å². The zero-order valence-electron chi connectivity index (χ0n) is 14.0. The summed E-state index contributed by atoms with van der Waals surface area (Å²) < 4.78 is 2.43. The zero-order valence-corrected chi connectivity index (χ0v) is 14.0. The maximum absolute atomic E-state index is 2.43. The summed E-state index contributed by atoms with van der Waals surface area (Å²) in [6, 6.07) is 20.7. The third-order valence-electron chi connectivity index (χ3n) is 5.68. The molecule has 1 heteroatoms. The lowest BCUT2D eigenvalue weighted by Gasteiger charge is -2.22. The molecule has 3 aromatic rings. The fourth-order valence-corrected chi connectivity index (χ4v) is 4.35. The highest BCUT2D eigenvalue weighted by molar-refractivity contribution is 5.68. The Balaban J connectivity index is 1.70. The molecule has 1 aromatic heterocycles. The molecule has 24 heavy (non-hydrogen) atoms. The van der Waals surface area contributed by atoms with Crippen LogP contribution >= 0.6 is 0 Å². The van der Waals surface area contributed by atoms with Gasteiger partial charge in [0.15, 0.2) is 12.7 Å². The summed E-state index contributed by atoms with van der Waals surface area (Å²) in [5, 5.41) is 0. The van der Waals surface area contributed by atoms with Crippen LogP contribution in [0.3, 0.4) is 0 Å². The van der Waals surface area contributed by atoms with Gasteiger partial charge in [0, 0.05) is 18.6 Å². The smallest absolute Gasteiger partial charge is 0.198 e. The Hall–Kier alpha value is -2.41. The third-order valence-corrected chi connectivity index (χ3v) is 5.68. The number of aryl methyl sites for hydroxylation is 5. The molecule has 0 amide bonds. The van der Waals surface area contributed by atoms with Crippen LogP contribution in [0.25, 0.3) is 11.3 Å². The van der Waals surface area contributed by atoms with Gasteiger partial charge in [-0.05, 0) is 59.6 Å². The Morgan fingerprint density at radius 2 is 1.33 bits per heavy atom. The minimum absolute atomic E-state index is 1.10. The van der Waals surface area contributed by atoms with E-state index in [1.54, 1.807) is 11.1 Å². The molecule has 0 saturated carbocycles. The second kappa shape index (κ2) is 5.59. The number of hydrogen-bond acceptors (Lipinski definition) is 0. The van der Waals surface area contributed by atoms with Crippen molar-refractivity contribution in [2.75, 3.05) is 0 Å². The summed E-state index contributed by atoms with van der Waals surface area (Å²) >= 11 is 0. The zero-order chi connectivity index (χ0) is 15.9. The first-order valence-corrected chi connectivity index (χ1v) is 9.09. The van der Waals surface area contributed by atoms with Crippen LogP contribution in [0.4, 0.5) is 0 Å². The Labute approximate surface area is 143 Å². The predicted molar refractivity (Wildman–Crippen MR) is 97.0 cm³/mol. The normalized spacial score (nSPS) is 15.3. The number of pyridine rings is 1. The lowest BCUT2D eigenvalue weighted by Crippen LogP contribution is -2.40.